The maximum Gasteiger partial charge on any atom is 0.125 e. The van der Waals surface area contributed by atoms with Crippen LogP contribution in [0, 0.1) is 0 Å². The third-order valence-corrected chi connectivity index (χ3v) is 5.24. The van der Waals surface area contributed by atoms with Crippen LogP contribution in [-0.4, -0.2) is 16.5 Å². The quantitative estimate of drug-likeness (QED) is 0.889. The standard InChI is InChI=1S/C15H18BrN3S/c1-2-6-18-12-4-3-5-13-14(12)20-15(19-13)10-7-11(16)9-17-8-10/h7-9,12,18H,2-6H2,1H3. The number of halogens is 1. The molecule has 0 aromatic carbocycles. The number of nitrogens with zero attached hydrogens (tertiary/aromatic N) is 2. The maximum absolute atomic E-state index is 4.84. The summed E-state index contributed by atoms with van der Waals surface area (Å²) in [5.41, 5.74) is 2.39. The van der Waals surface area contributed by atoms with Crippen molar-refractivity contribution in [3.05, 3.63) is 33.5 Å². The second-order valence-electron chi connectivity index (χ2n) is 5.12. The molecule has 0 spiro atoms. The molecule has 0 bridgehead atoms. The van der Waals surface area contributed by atoms with E-state index < -0.39 is 0 Å². The van der Waals surface area contributed by atoms with Gasteiger partial charge in [-0.05, 0) is 54.2 Å². The van der Waals surface area contributed by atoms with Gasteiger partial charge in [-0.3, -0.25) is 4.98 Å². The van der Waals surface area contributed by atoms with Gasteiger partial charge in [-0.25, -0.2) is 4.98 Å². The van der Waals surface area contributed by atoms with E-state index in [1.165, 1.54) is 29.8 Å². The van der Waals surface area contributed by atoms with Crippen LogP contribution in [0.4, 0.5) is 0 Å². The minimum atomic E-state index is 0.491. The Bertz CT molecular complexity index is 597. The first-order valence-electron chi connectivity index (χ1n) is 7.12. The van der Waals surface area contributed by atoms with Crippen molar-refractivity contribution in [2.45, 2.75) is 38.6 Å². The van der Waals surface area contributed by atoms with Crippen LogP contribution in [0.5, 0.6) is 0 Å². The van der Waals surface area contributed by atoms with E-state index in [0.717, 1.165) is 28.0 Å². The number of aryl methyl sites for hydroxylation is 1. The molecule has 20 heavy (non-hydrogen) atoms. The van der Waals surface area contributed by atoms with Gasteiger partial charge in [-0.15, -0.1) is 11.3 Å². The summed E-state index contributed by atoms with van der Waals surface area (Å²) >= 11 is 5.30. The summed E-state index contributed by atoms with van der Waals surface area (Å²) in [6, 6.07) is 2.58. The fourth-order valence-corrected chi connectivity index (χ4v) is 4.15. The van der Waals surface area contributed by atoms with Crippen molar-refractivity contribution in [1.82, 2.24) is 15.3 Å². The lowest BCUT2D eigenvalue weighted by Crippen LogP contribution is -2.24. The zero-order valence-electron chi connectivity index (χ0n) is 11.5. The molecule has 3 nitrogen and oxygen atoms in total. The predicted octanol–water partition coefficient (Wildman–Crippen LogP) is 4.34. The van der Waals surface area contributed by atoms with Crippen LogP contribution >= 0.6 is 27.3 Å². The average Bonchev–Trinajstić information content (AvgIpc) is 2.89. The molecule has 0 saturated carbocycles. The fourth-order valence-electron chi connectivity index (χ4n) is 2.59. The molecule has 1 aliphatic carbocycles. The Hall–Kier alpha value is -0.780. The van der Waals surface area contributed by atoms with Crippen molar-refractivity contribution in [3.8, 4) is 10.6 Å². The van der Waals surface area contributed by atoms with Crippen LogP contribution < -0.4 is 5.32 Å². The summed E-state index contributed by atoms with van der Waals surface area (Å²) < 4.78 is 1.00. The summed E-state index contributed by atoms with van der Waals surface area (Å²) in [5, 5.41) is 4.74. The van der Waals surface area contributed by atoms with Crippen molar-refractivity contribution < 1.29 is 0 Å². The average molecular weight is 352 g/mol. The van der Waals surface area contributed by atoms with E-state index in [-0.39, 0.29) is 0 Å². The van der Waals surface area contributed by atoms with Gasteiger partial charge < -0.3 is 5.32 Å². The topological polar surface area (TPSA) is 37.8 Å². The zero-order chi connectivity index (χ0) is 13.9. The van der Waals surface area contributed by atoms with Gasteiger partial charge in [0.05, 0.1) is 5.69 Å². The molecular formula is C15H18BrN3S. The minimum absolute atomic E-state index is 0.491. The van der Waals surface area contributed by atoms with E-state index in [4.69, 9.17) is 4.98 Å². The first-order chi connectivity index (χ1) is 9.78. The second-order valence-corrected chi connectivity index (χ2v) is 7.07. The Morgan fingerprint density at radius 2 is 2.35 bits per heavy atom. The van der Waals surface area contributed by atoms with Crippen LogP contribution in [-0.2, 0) is 6.42 Å². The third-order valence-electron chi connectivity index (χ3n) is 3.54. The molecule has 106 valence electrons. The Kier molecular flexibility index (Phi) is 4.48. The number of nitrogens with one attached hydrogen (secondary N) is 1. The van der Waals surface area contributed by atoms with E-state index in [9.17, 15) is 0 Å². The predicted molar refractivity (Wildman–Crippen MR) is 87.0 cm³/mol. The van der Waals surface area contributed by atoms with Crippen LogP contribution in [0.3, 0.4) is 0 Å². The molecule has 0 aliphatic heterocycles. The van der Waals surface area contributed by atoms with Crippen molar-refractivity contribution in [3.63, 3.8) is 0 Å². The smallest absolute Gasteiger partial charge is 0.125 e. The van der Waals surface area contributed by atoms with Gasteiger partial charge in [0.25, 0.3) is 0 Å². The third kappa shape index (κ3) is 2.95. The number of thiazole rings is 1. The molecule has 0 saturated heterocycles. The lowest BCUT2D eigenvalue weighted by Gasteiger charge is -2.22. The van der Waals surface area contributed by atoms with Crippen molar-refractivity contribution in [1.29, 1.82) is 0 Å². The summed E-state index contributed by atoms with van der Waals surface area (Å²) in [6.07, 6.45) is 8.44. The molecular weight excluding hydrogens is 334 g/mol. The fraction of sp³-hybridized carbons (Fsp3) is 0.467. The summed E-state index contributed by atoms with van der Waals surface area (Å²) in [6.45, 7) is 3.29. The summed E-state index contributed by atoms with van der Waals surface area (Å²) in [5.74, 6) is 0. The van der Waals surface area contributed by atoms with Gasteiger partial charge in [0, 0.05) is 33.3 Å². The highest BCUT2D eigenvalue weighted by atomic mass is 79.9. The van der Waals surface area contributed by atoms with Crippen molar-refractivity contribution in [2.75, 3.05) is 6.54 Å². The number of hydrogen-bond donors (Lipinski definition) is 1. The van der Waals surface area contributed by atoms with Gasteiger partial charge in [0.15, 0.2) is 0 Å². The van der Waals surface area contributed by atoms with Gasteiger partial charge in [0.1, 0.15) is 5.01 Å². The molecule has 2 aromatic rings. The van der Waals surface area contributed by atoms with E-state index >= 15 is 0 Å². The summed E-state index contributed by atoms with van der Waals surface area (Å²) in [4.78, 5) is 10.5. The van der Waals surface area contributed by atoms with Gasteiger partial charge in [-0.2, -0.15) is 0 Å². The molecule has 1 N–H and O–H groups in total. The Labute approximate surface area is 132 Å². The number of aromatic nitrogens is 2. The van der Waals surface area contributed by atoms with Gasteiger partial charge in [-0.1, -0.05) is 6.92 Å². The van der Waals surface area contributed by atoms with Crippen LogP contribution in [0.15, 0.2) is 22.9 Å². The number of hydrogen-bond acceptors (Lipinski definition) is 4. The molecule has 1 aliphatic rings. The first kappa shape index (κ1) is 14.2. The normalized spacial score (nSPS) is 18.0. The second kappa shape index (κ2) is 6.33. The molecule has 1 unspecified atom stereocenters. The van der Waals surface area contributed by atoms with E-state index in [1.807, 2.05) is 23.7 Å². The largest absolute Gasteiger partial charge is 0.309 e. The highest BCUT2D eigenvalue weighted by molar-refractivity contribution is 9.10. The molecule has 0 amide bonds. The van der Waals surface area contributed by atoms with E-state index in [2.05, 4.69) is 39.2 Å². The maximum atomic E-state index is 4.84. The van der Waals surface area contributed by atoms with Crippen LogP contribution in [0.1, 0.15) is 42.8 Å². The number of pyridine rings is 1. The van der Waals surface area contributed by atoms with Gasteiger partial charge in [0.2, 0.25) is 0 Å². The minimum Gasteiger partial charge on any atom is -0.309 e. The molecule has 5 heteroatoms. The number of fused-ring (bicyclic) bond motifs is 1. The lowest BCUT2D eigenvalue weighted by atomic mass is 9.98. The zero-order valence-corrected chi connectivity index (χ0v) is 13.9. The highest BCUT2D eigenvalue weighted by Gasteiger charge is 2.24. The molecule has 2 heterocycles. The van der Waals surface area contributed by atoms with Crippen LogP contribution in [0.2, 0.25) is 0 Å². The number of rotatable bonds is 4. The van der Waals surface area contributed by atoms with E-state index in [0.29, 0.717) is 6.04 Å². The molecule has 3 rings (SSSR count). The van der Waals surface area contributed by atoms with Crippen LogP contribution in [0.25, 0.3) is 10.6 Å². The van der Waals surface area contributed by atoms with Gasteiger partial charge >= 0.3 is 0 Å². The molecule has 0 fully saturated rings. The van der Waals surface area contributed by atoms with Crippen molar-refractivity contribution >= 4 is 27.3 Å². The molecule has 0 radical (unpaired) electrons. The summed E-state index contributed by atoms with van der Waals surface area (Å²) in [7, 11) is 0. The van der Waals surface area contributed by atoms with E-state index in [1.54, 1.807) is 0 Å². The van der Waals surface area contributed by atoms with Crippen molar-refractivity contribution in [2.24, 2.45) is 0 Å². The Morgan fingerprint density at radius 3 is 3.15 bits per heavy atom. The monoisotopic (exact) mass is 351 g/mol. The lowest BCUT2D eigenvalue weighted by molar-refractivity contribution is 0.465. The first-order valence-corrected chi connectivity index (χ1v) is 8.72. The Morgan fingerprint density at radius 1 is 1.45 bits per heavy atom. The molecule has 2 aromatic heterocycles. The highest BCUT2D eigenvalue weighted by Crippen LogP contribution is 2.38. The molecule has 1 atom stereocenters. The SMILES string of the molecule is CCCNC1CCCc2nc(-c3cncc(Br)c3)sc21. The Balaban J connectivity index is 1.91.